The number of benzene rings is 2. The number of nitrogens with two attached hydrogens (primary N) is 1. The van der Waals surface area contributed by atoms with Crippen LogP contribution in [0.4, 0.5) is 21.9 Å². The molecule has 35 heavy (non-hydrogen) atoms. The van der Waals surface area contributed by atoms with E-state index in [-0.39, 0.29) is 24.0 Å². The SMILES string of the molecule is N[C@H]1CCC[C@@H]1NC(=O)c1sc2nccc3c2c1NC(=O)N3c1ccc(Oc2ccccc2)cc1. The van der Waals surface area contributed by atoms with Crippen molar-refractivity contribution in [1.29, 1.82) is 0 Å². The van der Waals surface area contributed by atoms with E-state index in [2.05, 4.69) is 15.6 Å². The van der Waals surface area contributed by atoms with E-state index in [4.69, 9.17) is 10.5 Å². The molecule has 0 bridgehead atoms. The van der Waals surface area contributed by atoms with Gasteiger partial charge in [-0.05, 0) is 61.7 Å². The van der Waals surface area contributed by atoms with Crippen LogP contribution in [0.25, 0.3) is 10.2 Å². The van der Waals surface area contributed by atoms with E-state index >= 15 is 0 Å². The number of pyridine rings is 1. The number of aromatic nitrogens is 1. The second-order valence-electron chi connectivity index (χ2n) is 8.67. The van der Waals surface area contributed by atoms with Crippen molar-refractivity contribution in [2.75, 3.05) is 10.2 Å². The average molecular weight is 486 g/mol. The number of anilines is 3. The minimum atomic E-state index is -0.341. The van der Waals surface area contributed by atoms with E-state index < -0.39 is 0 Å². The molecule has 0 unspecified atom stereocenters. The Kier molecular flexibility index (Phi) is 5.35. The van der Waals surface area contributed by atoms with Gasteiger partial charge in [-0.25, -0.2) is 9.78 Å². The summed E-state index contributed by atoms with van der Waals surface area (Å²) in [4.78, 5) is 33.6. The second-order valence-corrected chi connectivity index (χ2v) is 9.66. The topological polar surface area (TPSA) is 110 Å². The summed E-state index contributed by atoms with van der Waals surface area (Å²) >= 11 is 1.27. The van der Waals surface area contributed by atoms with E-state index in [0.29, 0.717) is 32.5 Å². The molecule has 176 valence electrons. The first-order valence-electron chi connectivity index (χ1n) is 11.5. The lowest BCUT2D eigenvalue weighted by atomic mass is 10.1. The predicted molar refractivity (Wildman–Crippen MR) is 137 cm³/mol. The van der Waals surface area contributed by atoms with Crippen molar-refractivity contribution in [3.63, 3.8) is 0 Å². The molecule has 1 aliphatic heterocycles. The van der Waals surface area contributed by atoms with Gasteiger partial charge in [-0.3, -0.25) is 9.69 Å². The van der Waals surface area contributed by atoms with Gasteiger partial charge in [0, 0.05) is 18.3 Å². The summed E-state index contributed by atoms with van der Waals surface area (Å²) < 4.78 is 5.87. The van der Waals surface area contributed by atoms with Crippen molar-refractivity contribution in [2.45, 2.75) is 31.3 Å². The Morgan fingerprint density at radius 1 is 1.09 bits per heavy atom. The normalized spacial score (nSPS) is 19.0. The molecule has 3 heterocycles. The zero-order valence-electron chi connectivity index (χ0n) is 18.7. The lowest BCUT2D eigenvalue weighted by molar-refractivity contribution is 0.0939. The summed E-state index contributed by atoms with van der Waals surface area (Å²) in [6, 6.07) is 18.2. The quantitative estimate of drug-likeness (QED) is 0.352. The number of para-hydroxylation sites is 1. The van der Waals surface area contributed by atoms with Gasteiger partial charge >= 0.3 is 6.03 Å². The van der Waals surface area contributed by atoms with Gasteiger partial charge in [0.1, 0.15) is 21.2 Å². The Hall–Kier alpha value is -3.95. The van der Waals surface area contributed by atoms with Crippen LogP contribution >= 0.6 is 11.3 Å². The third-order valence-electron chi connectivity index (χ3n) is 6.41. The average Bonchev–Trinajstić information content (AvgIpc) is 3.44. The Balaban J connectivity index is 1.32. The van der Waals surface area contributed by atoms with Crippen LogP contribution < -0.4 is 26.0 Å². The van der Waals surface area contributed by atoms with Gasteiger partial charge in [0.2, 0.25) is 0 Å². The molecule has 0 radical (unpaired) electrons. The Bertz CT molecular complexity index is 1420. The number of rotatable bonds is 5. The predicted octanol–water partition coefficient (Wildman–Crippen LogP) is 5.38. The fraction of sp³-hybridized carbons (Fsp3) is 0.192. The maximum absolute atomic E-state index is 13.3. The van der Waals surface area contributed by atoms with Crippen LogP contribution in [0.2, 0.25) is 0 Å². The summed E-state index contributed by atoms with van der Waals surface area (Å²) in [5.74, 6) is 1.17. The summed E-state index contributed by atoms with van der Waals surface area (Å²) in [6.45, 7) is 0. The van der Waals surface area contributed by atoms with Gasteiger partial charge in [-0.1, -0.05) is 18.2 Å². The zero-order valence-corrected chi connectivity index (χ0v) is 19.5. The van der Waals surface area contributed by atoms with E-state index in [9.17, 15) is 9.59 Å². The fourth-order valence-electron chi connectivity index (χ4n) is 4.69. The maximum Gasteiger partial charge on any atom is 0.331 e. The van der Waals surface area contributed by atoms with Crippen molar-refractivity contribution in [2.24, 2.45) is 5.73 Å². The smallest absolute Gasteiger partial charge is 0.331 e. The third kappa shape index (κ3) is 3.88. The maximum atomic E-state index is 13.3. The Morgan fingerprint density at radius 2 is 1.86 bits per heavy atom. The number of hydrogen-bond donors (Lipinski definition) is 3. The number of amides is 3. The molecule has 2 aromatic carbocycles. The van der Waals surface area contributed by atoms with Gasteiger partial charge < -0.3 is 21.1 Å². The minimum absolute atomic E-state index is 0.0442. The molecule has 2 aromatic heterocycles. The molecule has 6 rings (SSSR count). The molecule has 1 saturated carbocycles. The Labute approximate surface area is 205 Å². The Morgan fingerprint density at radius 3 is 2.60 bits per heavy atom. The lowest BCUT2D eigenvalue weighted by Crippen LogP contribution is -2.44. The van der Waals surface area contributed by atoms with E-state index in [1.807, 2.05) is 54.6 Å². The molecule has 8 nitrogen and oxygen atoms in total. The standard InChI is InChI=1S/C26H23N5O3S/c27-18-7-4-8-19(18)29-24(32)23-22-21-20(13-14-28-25(21)35-23)31(26(33)30-22)15-9-11-17(12-10-15)34-16-5-2-1-3-6-16/h1-3,5-6,9-14,18-19H,4,7-8,27H2,(H,29,32)(H,30,33)/t18-,19-/m0/s1. The number of carbonyl (C=O) groups excluding carboxylic acids is 2. The van der Waals surface area contributed by atoms with Crippen LogP contribution in [0, 0.1) is 0 Å². The molecule has 3 amide bonds. The zero-order chi connectivity index (χ0) is 23.9. The van der Waals surface area contributed by atoms with Crippen LogP contribution in [0.5, 0.6) is 11.5 Å². The van der Waals surface area contributed by atoms with E-state index in [1.165, 1.54) is 11.3 Å². The van der Waals surface area contributed by atoms with E-state index in [1.54, 1.807) is 17.2 Å². The number of nitrogens with zero attached hydrogens (tertiary/aromatic N) is 2. The molecule has 4 aromatic rings. The van der Waals surface area contributed by atoms with Crippen molar-refractivity contribution in [3.8, 4) is 11.5 Å². The molecule has 0 saturated heterocycles. The summed E-state index contributed by atoms with van der Waals surface area (Å²) in [7, 11) is 0. The second kappa shape index (κ2) is 8.68. The first-order valence-corrected chi connectivity index (χ1v) is 12.3. The van der Waals surface area contributed by atoms with Crippen LogP contribution in [0.3, 0.4) is 0 Å². The molecular formula is C26H23N5O3S. The highest BCUT2D eigenvalue weighted by Crippen LogP contribution is 2.46. The number of ether oxygens (including phenoxy) is 1. The molecule has 4 N–H and O–H groups in total. The largest absolute Gasteiger partial charge is 0.457 e. The monoisotopic (exact) mass is 485 g/mol. The summed E-state index contributed by atoms with van der Waals surface area (Å²) in [5, 5.41) is 6.73. The van der Waals surface area contributed by atoms with Crippen LogP contribution in [0.15, 0.2) is 66.9 Å². The highest BCUT2D eigenvalue weighted by atomic mass is 32.1. The summed E-state index contributed by atoms with van der Waals surface area (Å²) in [5.41, 5.74) is 7.99. The minimum Gasteiger partial charge on any atom is -0.457 e. The number of thiophene rings is 1. The number of nitrogens with one attached hydrogen (secondary N) is 2. The molecule has 1 aliphatic carbocycles. The highest BCUT2D eigenvalue weighted by Gasteiger charge is 2.34. The van der Waals surface area contributed by atoms with Gasteiger partial charge in [0.05, 0.1) is 22.4 Å². The highest BCUT2D eigenvalue weighted by molar-refractivity contribution is 7.21. The molecule has 2 atom stereocenters. The number of hydrogen-bond acceptors (Lipinski definition) is 6. The first-order chi connectivity index (χ1) is 17.1. The van der Waals surface area contributed by atoms with Crippen molar-refractivity contribution >= 4 is 50.6 Å². The van der Waals surface area contributed by atoms with Gasteiger partial charge in [-0.15, -0.1) is 11.3 Å². The molecular weight excluding hydrogens is 462 g/mol. The number of carbonyl (C=O) groups is 2. The third-order valence-corrected chi connectivity index (χ3v) is 7.51. The van der Waals surface area contributed by atoms with Crippen molar-refractivity contribution in [1.82, 2.24) is 10.3 Å². The van der Waals surface area contributed by atoms with Crippen molar-refractivity contribution < 1.29 is 14.3 Å². The molecule has 0 spiro atoms. The van der Waals surface area contributed by atoms with Gasteiger partial charge in [0.25, 0.3) is 5.91 Å². The summed E-state index contributed by atoms with van der Waals surface area (Å²) in [6.07, 6.45) is 4.42. The molecule has 1 fully saturated rings. The molecule has 9 heteroatoms. The molecule has 2 aliphatic rings. The number of urea groups is 1. The van der Waals surface area contributed by atoms with E-state index in [0.717, 1.165) is 30.4 Å². The first kappa shape index (κ1) is 21.6. The van der Waals surface area contributed by atoms with Crippen LogP contribution in [0.1, 0.15) is 28.9 Å². The lowest BCUT2D eigenvalue weighted by Gasteiger charge is -2.28. The van der Waals surface area contributed by atoms with Gasteiger partial charge in [-0.2, -0.15) is 0 Å². The van der Waals surface area contributed by atoms with Gasteiger partial charge in [0.15, 0.2) is 0 Å². The van der Waals surface area contributed by atoms with Crippen LogP contribution in [-0.4, -0.2) is 29.0 Å². The van der Waals surface area contributed by atoms with Crippen molar-refractivity contribution in [3.05, 3.63) is 71.7 Å². The fourth-order valence-corrected chi connectivity index (χ4v) is 5.71. The van der Waals surface area contributed by atoms with Crippen LogP contribution in [-0.2, 0) is 0 Å².